The summed E-state index contributed by atoms with van der Waals surface area (Å²) in [5, 5.41) is 3.35. The minimum Gasteiger partial charge on any atom is -0.456 e. The van der Waals surface area contributed by atoms with Crippen LogP contribution in [0.15, 0.2) is 45.3 Å². The Balaban J connectivity index is 2.29. The lowest BCUT2D eigenvalue weighted by Gasteiger charge is -2.15. The normalized spacial score (nSPS) is 11.0. The molecule has 1 N–H and O–H groups in total. The zero-order valence-electron chi connectivity index (χ0n) is 11.8. The van der Waals surface area contributed by atoms with Gasteiger partial charge in [0.1, 0.15) is 17.3 Å². The number of rotatable bonds is 5. The molecule has 112 valence electrons. The van der Waals surface area contributed by atoms with E-state index in [2.05, 4.69) is 51.0 Å². The molecule has 0 saturated carbocycles. The van der Waals surface area contributed by atoms with Gasteiger partial charge < -0.3 is 10.1 Å². The van der Waals surface area contributed by atoms with Crippen LogP contribution in [0.4, 0.5) is 4.39 Å². The molecule has 0 bridgehead atoms. The van der Waals surface area contributed by atoms with Crippen molar-refractivity contribution in [1.29, 1.82) is 0 Å². The van der Waals surface area contributed by atoms with E-state index in [-0.39, 0.29) is 5.82 Å². The van der Waals surface area contributed by atoms with Crippen LogP contribution < -0.4 is 10.1 Å². The van der Waals surface area contributed by atoms with E-state index in [0.29, 0.717) is 28.6 Å². The third kappa shape index (κ3) is 4.80. The zero-order valence-corrected chi connectivity index (χ0v) is 15.0. The van der Waals surface area contributed by atoms with Gasteiger partial charge in [-0.05, 0) is 40.2 Å². The first-order valence-corrected chi connectivity index (χ1v) is 8.19. The van der Waals surface area contributed by atoms with Crippen molar-refractivity contribution >= 4 is 31.9 Å². The molecular formula is C16H16Br2FNO. The number of hydrogen-bond donors (Lipinski definition) is 1. The van der Waals surface area contributed by atoms with Crippen LogP contribution >= 0.6 is 31.9 Å². The van der Waals surface area contributed by atoms with Gasteiger partial charge in [-0.15, -0.1) is 0 Å². The van der Waals surface area contributed by atoms with E-state index in [0.717, 1.165) is 10.0 Å². The fourth-order valence-corrected chi connectivity index (χ4v) is 2.43. The maximum absolute atomic E-state index is 13.4. The maximum Gasteiger partial charge on any atom is 0.144 e. The highest BCUT2D eigenvalue weighted by Gasteiger charge is 2.10. The zero-order chi connectivity index (χ0) is 15.4. The molecule has 0 aliphatic heterocycles. The Morgan fingerprint density at radius 1 is 1.10 bits per heavy atom. The Morgan fingerprint density at radius 3 is 2.57 bits per heavy atom. The summed E-state index contributed by atoms with van der Waals surface area (Å²) in [5.74, 6) is 0.827. The van der Waals surface area contributed by atoms with Crippen LogP contribution in [0.1, 0.15) is 19.4 Å². The van der Waals surface area contributed by atoms with Crippen LogP contribution in [-0.2, 0) is 6.54 Å². The van der Waals surface area contributed by atoms with E-state index in [4.69, 9.17) is 4.74 Å². The summed E-state index contributed by atoms with van der Waals surface area (Å²) in [5.41, 5.74) is 1.02. The van der Waals surface area contributed by atoms with Crippen molar-refractivity contribution in [3.63, 3.8) is 0 Å². The van der Waals surface area contributed by atoms with Crippen LogP contribution in [0.25, 0.3) is 0 Å². The number of benzene rings is 2. The Kier molecular flexibility index (Phi) is 5.79. The van der Waals surface area contributed by atoms with E-state index in [1.165, 1.54) is 12.1 Å². The van der Waals surface area contributed by atoms with E-state index < -0.39 is 0 Å². The van der Waals surface area contributed by atoms with E-state index in [1.54, 1.807) is 6.07 Å². The summed E-state index contributed by atoms with van der Waals surface area (Å²) in [6, 6.07) is 10.6. The van der Waals surface area contributed by atoms with Crippen molar-refractivity contribution in [3.05, 3.63) is 56.7 Å². The average molecular weight is 417 g/mol. The second-order valence-corrected chi connectivity index (χ2v) is 6.73. The lowest BCUT2D eigenvalue weighted by Crippen LogP contribution is -2.22. The van der Waals surface area contributed by atoms with Gasteiger partial charge in [0, 0.05) is 28.7 Å². The third-order valence-corrected chi connectivity index (χ3v) is 3.99. The molecule has 21 heavy (non-hydrogen) atoms. The van der Waals surface area contributed by atoms with E-state index in [1.807, 2.05) is 18.2 Å². The Hall–Kier alpha value is -0.910. The fourth-order valence-electron chi connectivity index (χ4n) is 1.76. The first-order chi connectivity index (χ1) is 9.95. The van der Waals surface area contributed by atoms with Crippen molar-refractivity contribution in [1.82, 2.24) is 5.32 Å². The summed E-state index contributed by atoms with van der Waals surface area (Å²) >= 11 is 6.81. The fraction of sp³-hybridized carbons (Fsp3) is 0.250. The highest BCUT2D eigenvalue weighted by atomic mass is 79.9. The van der Waals surface area contributed by atoms with Gasteiger partial charge in [-0.1, -0.05) is 35.8 Å². The molecular weight excluding hydrogens is 401 g/mol. The van der Waals surface area contributed by atoms with Crippen LogP contribution in [0.5, 0.6) is 11.5 Å². The molecule has 0 atom stereocenters. The molecule has 0 radical (unpaired) electrons. The summed E-state index contributed by atoms with van der Waals surface area (Å²) < 4.78 is 20.9. The smallest absolute Gasteiger partial charge is 0.144 e. The van der Waals surface area contributed by atoms with Crippen LogP contribution in [0.2, 0.25) is 0 Å². The van der Waals surface area contributed by atoms with E-state index in [9.17, 15) is 4.39 Å². The molecule has 0 aliphatic rings. The van der Waals surface area contributed by atoms with Gasteiger partial charge >= 0.3 is 0 Å². The molecule has 0 heterocycles. The SMILES string of the molecule is CC(C)NCc1ccc(Br)cc1Oc1cc(F)ccc1Br. The molecule has 2 rings (SSSR count). The molecule has 2 aromatic rings. The quantitative estimate of drug-likeness (QED) is 0.680. The summed E-state index contributed by atoms with van der Waals surface area (Å²) in [7, 11) is 0. The monoisotopic (exact) mass is 415 g/mol. The summed E-state index contributed by atoms with van der Waals surface area (Å²) in [6.45, 7) is 4.86. The molecule has 2 aromatic carbocycles. The second-order valence-electron chi connectivity index (χ2n) is 4.96. The maximum atomic E-state index is 13.4. The van der Waals surface area contributed by atoms with Crippen molar-refractivity contribution in [3.8, 4) is 11.5 Å². The molecule has 2 nitrogen and oxygen atoms in total. The number of hydrogen-bond acceptors (Lipinski definition) is 2. The third-order valence-electron chi connectivity index (χ3n) is 2.84. The lowest BCUT2D eigenvalue weighted by atomic mass is 10.2. The molecule has 0 aliphatic carbocycles. The van der Waals surface area contributed by atoms with Crippen molar-refractivity contribution < 1.29 is 9.13 Å². The minimum atomic E-state index is -0.329. The molecule has 0 saturated heterocycles. The molecule has 0 aromatic heterocycles. The van der Waals surface area contributed by atoms with Gasteiger partial charge in [0.05, 0.1) is 4.47 Å². The molecule has 0 spiro atoms. The lowest BCUT2D eigenvalue weighted by molar-refractivity contribution is 0.461. The standard InChI is InChI=1S/C16H16Br2FNO/c1-10(2)20-9-11-3-4-12(17)7-15(11)21-16-8-13(19)5-6-14(16)18/h3-8,10,20H,9H2,1-2H3. The Morgan fingerprint density at radius 2 is 1.86 bits per heavy atom. The highest BCUT2D eigenvalue weighted by molar-refractivity contribution is 9.10. The molecule has 0 amide bonds. The first kappa shape index (κ1) is 16.5. The largest absolute Gasteiger partial charge is 0.456 e. The van der Waals surface area contributed by atoms with Gasteiger partial charge in [-0.25, -0.2) is 4.39 Å². The van der Waals surface area contributed by atoms with Gasteiger partial charge in [0.25, 0.3) is 0 Å². The van der Waals surface area contributed by atoms with Gasteiger partial charge in [-0.3, -0.25) is 0 Å². The second kappa shape index (κ2) is 7.38. The molecule has 0 fully saturated rings. The first-order valence-electron chi connectivity index (χ1n) is 6.60. The average Bonchev–Trinajstić information content (AvgIpc) is 2.42. The number of ether oxygens (including phenoxy) is 1. The predicted octanol–water partition coefficient (Wildman–Crippen LogP) is 5.64. The Labute approximate surface area is 141 Å². The Bertz CT molecular complexity index is 632. The van der Waals surface area contributed by atoms with Crippen LogP contribution in [-0.4, -0.2) is 6.04 Å². The number of halogens is 3. The number of nitrogens with one attached hydrogen (secondary N) is 1. The predicted molar refractivity (Wildman–Crippen MR) is 90.3 cm³/mol. The highest BCUT2D eigenvalue weighted by Crippen LogP contribution is 2.33. The van der Waals surface area contributed by atoms with Crippen LogP contribution in [0, 0.1) is 5.82 Å². The summed E-state index contributed by atoms with van der Waals surface area (Å²) in [6.07, 6.45) is 0. The topological polar surface area (TPSA) is 21.3 Å². The van der Waals surface area contributed by atoms with Crippen LogP contribution in [0.3, 0.4) is 0 Å². The molecule has 5 heteroatoms. The van der Waals surface area contributed by atoms with Gasteiger partial charge in [0.15, 0.2) is 0 Å². The van der Waals surface area contributed by atoms with Crippen molar-refractivity contribution in [2.45, 2.75) is 26.4 Å². The van der Waals surface area contributed by atoms with Crippen molar-refractivity contribution in [2.24, 2.45) is 0 Å². The minimum absolute atomic E-state index is 0.329. The van der Waals surface area contributed by atoms with Gasteiger partial charge in [-0.2, -0.15) is 0 Å². The summed E-state index contributed by atoms with van der Waals surface area (Å²) in [4.78, 5) is 0. The van der Waals surface area contributed by atoms with Gasteiger partial charge in [0.2, 0.25) is 0 Å². The molecule has 0 unspecified atom stereocenters. The van der Waals surface area contributed by atoms with E-state index >= 15 is 0 Å². The van der Waals surface area contributed by atoms with Crippen molar-refractivity contribution in [2.75, 3.05) is 0 Å².